The van der Waals surface area contributed by atoms with Crippen LogP contribution in [0.1, 0.15) is 49.2 Å². The van der Waals surface area contributed by atoms with E-state index in [1.54, 1.807) is 19.9 Å². The molecule has 9 heteroatoms. The molecule has 0 aliphatic rings. The van der Waals surface area contributed by atoms with Crippen LogP contribution in [0, 0.1) is 0 Å². The number of carbonyl (C=O) groups excluding carboxylic acids is 2. The monoisotopic (exact) mass is 392 g/mol. The van der Waals surface area contributed by atoms with Crippen molar-refractivity contribution >= 4 is 17.6 Å². The van der Waals surface area contributed by atoms with Crippen LogP contribution in [0.25, 0.3) is 0 Å². The third-order valence-electron chi connectivity index (χ3n) is 3.69. The third kappa shape index (κ3) is 6.57. The zero-order valence-corrected chi connectivity index (χ0v) is 15.8. The van der Waals surface area contributed by atoms with Gasteiger partial charge in [0.15, 0.2) is 6.61 Å². The largest absolute Gasteiger partial charge is 0.471 e. The standard InChI is InChI=1S/C19H22F2N4O3/c1-4-16(26)25-15-9-13(7-8-22-15)18(27)24-12(2)14-5-6-17(23-10-14)28-11-19(3,20)21/h5-10,12H,4,11H2,1-3H3,(H,24,27)(H,22,25,26). The first kappa shape index (κ1) is 21.2. The van der Waals surface area contributed by atoms with Gasteiger partial charge in [-0.15, -0.1) is 0 Å². The van der Waals surface area contributed by atoms with Crippen LogP contribution in [-0.4, -0.2) is 34.3 Å². The van der Waals surface area contributed by atoms with Crippen molar-refractivity contribution in [3.8, 4) is 5.88 Å². The summed E-state index contributed by atoms with van der Waals surface area (Å²) in [5.41, 5.74) is 1.02. The van der Waals surface area contributed by atoms with Crippen LogP contribution in [0.5, 0.6) is 5.88 Å². The van der Waals surface area contributed by atoms with Crippen molar-refractivity contribution in [2.45, 2.75) is 39.2 Å². The molecule has 0 bridgehead atoms. The van der Waals surface area contributed by atoms with Crippen molar-refractivity contribution < 1.29 is 23.1 Å². The van der Waals surface area contributed by atoms with Gasteiger partial charge in [-0.25, -0.2) is 18.7 Å². The first-order chi connectivity index (χ1) is 13.2. The predicted molar refractivity (Wildman–Crippen MR) is 99.4 cm³/mol. The quantitative estimate of drug-likeness (QED) is 0.719. The highest BCUT2D eigenvalue weighted by molar-refractivity contribution is 5.96. The summed E-state index contributed by atoms with van der Waals surface area (Å²) in [4.78, 5) is 31.9. The number of aromatic nitrogens is 2. The second-order valence-electron chi connectivity index (χ2n) is 6.32. The van der Waals surface area contributed by atoms with E-state index in [0.717, 1.165) is 6.92 Å². The molecule has 150 valence electrons. The van der Waals surface area contributed by atoms with Crippen LogP contribution in [0.4, 0.5) is 14.6 Å². The van der Waals surface area contributed by atoms with Gasteiger partial charge in [0, 0.05) is 37.4 Å². The van der Waals surface area contributed by atoms with Crippen LogP contribution in [0.3, 0.4) is 0 Å². The molecule has 1 unspecified atom stereocenters. The normalized spacial score (nSPS) is 12.2. The minimum atomic E-state index is -2.94. The topological polar surface area (TPSA) is 93.2 Å². The number of nitrogens with one attached hydrogen (secondary N) is 2. The molecule has 2 aromatic rings. The van der Waals surface area contributed by atoms with Crippen molar-refractivity contribution in [3.05, 3.63) is 47.8 Å². The van der Waals surface area contributed by atoms with E-state index in [1.807, 2.05) is 0 Å². The highest BCUT2D eigenvalue weighted by atomic mass is 19.3. The fourth-order valence-corrected chi connectivity index (χ4v) is 2.17. The Morgan fingerprint density at radius 2 is 2.00 bits per heavy atom. The molecule has 2 amide bonds. The number of alkyl halides is 2. The second-order valence-corrected chi connectivity index (χ2v) is 6.32. The molecule has 0 aliphatic carbocycles. The van der Waals surface area contributed by atoms with Gasteiger partial charge in [0.2, 0.25) is 11.8 Å². The summed E-state index contributed by atoms with van der Waals surface area (Å²) >= 11 is 0. The number of pyridine rings is 2. The Bertz CT molecular complexity index is 823. The van der Waals surface area contributed by atoms with Gasteiger partial charge >= 0.3 is 0 Å². The molecule has 2 heterocycles. The molecular weight excluding hydrogens is 370 g/mol. The van der Waals surface area contributed by atoms with Crippen molar-refractivity contribution in [3.63, 3.8) is 0 Å². The Balaban J connectivity index is 1.98. The zero-order chi connectivity index (χ0) is 20.7. The number of hydrogen-bond donors (Lipinski definition) is 2. The van der Waals surface area contributed by atoms with E-state index in [-0.39, 0.29) is 23.7 Å². The first-order valence-corrected chi connectivity index (χ1v) is 8.71. The van der Waals surface area contributed by atoms with Crippen molar-refractivity contribution in [1.82, 2.24) is 15.3 Å². The minimum absolute atomic E-state index is 0.0780. The van der Waals surface area contributed by atoms with Crippen LogP contribution in [0.15, 0.2) is 36.7 Å². The molecular formula is C19H22F2N4O3. The summed E-state index contributed by atoms with van der Waals surface area (Å²) in [6.07, 6.45) is 3.19. The molecule has 0 aliphatic heterocycles. The van der Waals surface area contributed by atoms with Crippen LogP contribution in [-0.2, 0) is 4.79 Å². The number of hydrogen-bond acceptors (Lipinski definition) is 5. The van der Waals surface area contributed by atoms with E-state index >= 15 is 0 Å². The minimum Gasteiger partial charge on any atom is -0.471 e. The van der Waals surface area contributed by atoms with Gasteiger partial charge in [-0.3, -0.25) is 9.59 Å². The lowest BCUT2D eigenvalue weighted by atomic mass is 10.1. The molecule has 1 atom stereocenters. The number of nitrogens with zero attached hydrogens (tertiary/aromatic N) is 2. The number of halogens is 2. The van der Waals surface area contributed by atoms with Crippen LogP contribution in [0.2, 0.25) is 0 Å². The van der Waals surface area contributed by atoms with Gasteiger partial charge < -0.3 is 15.4 Å². The van der Waals surface area contributed by atoms with Crippen molar-refractivity contribution in [2.75, 3.05) is 11.9 Å². The fourth-order valence-electron chi connectivity index (χ4n) is 2.17. The Kier molecular flexibility index (Phi) is 6.97. The van der Waals surface area contributed by atoms with Crippen molar-refractivity contribution in [1.29, 1.82) is 0 Å². The Morgan fingerprint density at radius 3 is 2.61 bits per heavy atom. The maximum absolute atomic E-state index is 12.8. The summed E-state index contributed by atoms with van der Waals surface area (Å²) in [5.74, 6) is -3.13. The fraction of sp³-hybridized carbons (Fsp3) is 0.368. The Morgan fingerprint density at radius 1 is 1.25 bits per heavy atom. The molecule has 0 spiro atoms. The summed E-state index contributed by atoms with van der Waals surface area (Å²) < 4.78 is 30.5. The van der Waals surface area contributed by atoms with E-state index in [2.05, 4.69) is 20.6 Å². The maximum Gasteiger partial charge on any atom is 0.278 e. The molecule has 0 saturated heterocycles. The van der Waals surface area contributed by atoms with E-state index in [0.29, 0.717) is 23.4 Å². The molecule has 2 rings (SSSR count). The molecule has 0 saturated carbocycles. The highest BCUT2D eigenvalue weighted by Crippen LogP contribution is 2.18. The third-order valence-corrected chi connectivity index (χ3v) is 3.69. The van der Waals surface area contributed by atoms with E-state index < -0.39 is 12.5 Å². The van der Waals surface area contributed by atoms with Crippen LogP contribution < -0.4 is 15.4 Å². The summed E-state index contributed by atoms with van der Waals surface area (Å²) in [6.45, 7) is 3.48. The lowest BCUT2D eigenvalue weighted by molar-refractivity contribution is -0.115. The predicted octanol–water partition coefficient (Wildman–Crippen LogP) is 3.35. The van der Waals surface area contributed by atoms with Gasteiger partial charge in [0.1, 0.15) is 5.82 Å². The van der Waals surface area contributed by atoms with E-state index in [9.17, 15) is 18.4 Å². The summed E-state index contributed by atoms with van der Waals surface area (Å²) in [7, 11) is 0. The summed E-state index contributed by atoms with van der Waals surface area (Å²) in [5, 5.41) is 5.40. The molecule has 2 aromatic heterocycles. The lowest BCUT2D eigenvalue weighted by Crippen LogP contribution is -2.27. The number of anilines is 1. The summed E-state index contributed by atoms with van der Waals surface area (Å²) in [6, 6.07) is 5.73. The number of amides is 2. The van der Waals surface area contributed by atoms with Gasteiger partial charge in [0.05, 0.1) is 6.04 Å². The Labute approximate surface area is 161 Å². The number of ether oxygens (including phenoxy) is 1. The second kappa shape index (κ2) is 9.20. The average Bonchev–Trinajstić information content (AvgIpc) is 2.66. The van der Waals surface area contributed by atoms with Gasteiger partial charge in [0.25, 0.3) is 11.8 Å². The lowest BCUT2D eigenvalue weighted by Gasteiger charge is -2.15. The van der Waals surface area contributed by atoms with E-state index in [4.69, 9.17) is 4.74 Å². The zero-order valence-electron chi connectivity index (χ0n) is 15.8. The number of rotatable bonds is 8. The molecule has 0 aromatic carbocycles. The maximum atomic E-state index is 12.8. The average molecular weight is 392 g/mol. The SMILES string of the molecule is CCC(=O)Nc1cc(C(=O)NC(C)c2ccc(OCC(C)(F)F)nc2)ccn1. The molecule has 0 fully saturated rings. The Hall–Kier alpha value is -3.10. The number of carbonyl (C=O) groups is 2. The van der Waals surface area contributed by atoms with Crippen LogP contribution >= 0.6 is 0 Å². The smallest absolute Gasteiger partial charge is 0.278 e. The van der Waals surface area contributed by atoms with Gasteiger partial charge in [-0.2, -0.15) is 0 Å². The van der Waals surface area contributed by atoms with E-state index in [1.165, 1.54) is 30.6 Å². The molecule has 0 radical (unpaired) electrons. The van der Waals surface area contributed by atoms with Gasteiger partial charge in [-0.05, 0) is 24.6 Å². The van der Waals surface area contributed by atoms with Crippen molar-refractivity contribution in [2.24, 2.45) is 0 Å². The molecule has 2 N–H and O–H groups in total. The highest BCUT2D eigenvalue weighted by Gasteiger charge is 2.22. The molecule has 28 heavy (non-hydrogen) atoms. The van der Waals surface area contributed by atoms with Gasteiger partial charge in [-0.1, -0.05) is 13.0 Å². The molecule has 7 nitrogen and oxygen atoms in total. The first-order valence-electron chi connectivity index (χ1n) is 8.71.